The molecule has 3 heterocycles. The number of aliphatic hydroxyl groups excluding tert-OH is 2. The number of fused-ring (bicyclic) bond motifs is 14. The molecule has 1 aromatic carbocycles. The van der Waals surface area contributed by atoms with Crippen molar-refractivity contribution in [2.24, 2.45) is 28.7 Å². The van der Waals surface area contributed by atoms with Gasteiger partial charge in [0.1, 0.15) is 23.3 Å². The molecule has 3 aliphatic heterocycles. The fraction of sp³-hybridized carbons (Fsp3) is 0.487. The van der Waals surface area contributed by atoms with Crippen molar-refractivity contribution in [1.29, 1.82) is 0 Å². The van der Waals surface area contributed by atoms with Gasteiger partial charge in [0.15, 0.2) is 5.78 Å². The van der Waals surface area contributed by atoms with E-state index in [0.29, 0.717) is 0 Å². The fourth-order valence-corrected chi connectivity index (χ4v) is 6.97. The zero-order valence-corrected chi connectivity index (χ0v) is 31.5. The molecule has 4 N–H and O–H groups in total. The number of ketones is 3. The number of allylic oxidation sites excluding steroid dienone is 4. The number of aliphatic hydroxyl groups is 2. The highest BCUT2D eigenvalue weighted by atomic mass is 16.7. The molecule has 9 atom stereocenters. The first-order valence-electron chi connectivity index (χ1n) is 17.3. The van der Waals surface area contributed by atoms with E-state index in [1.165, 1.54) is 60.1 Å². The van der Waals surface area contributed by atoms with Crippen molar-refractivity contribution in [3.8, 4) is 11.5 Å². The van der Waals surface area contributed by atoms with Gasteiger partial charge in [0.05, 0.1) is 46.8 Å². The number of nitrogens with one attached hydrogen (secondary N) is 1. The Hall–Kier alpha value is -4.92. The second-order valence-electron chi connectivity index (χ2n) is 14.0. The summed E-state index contributed by atoms with van der Waals surface area (Å²) in [5, 5.41) is 36.4. The summed E-state index contributed by atoms with van der Waals surface area (Å²) < 4.78 is 23.2. The van der Waals surface area contributed by atoms with Crippen molar-refractivity contribution in [3.05, 3.63) is 69.7 Å². The molecule has 286 valence electrons. The molecule has 1 aromatic rings. The number of carbonyl (C=O) groups is 5. The highest BCUT2D eigenvalue weighted by molar-refractivity contribution is 6.37. The molecular formula is C39H48N2O12. The van der Waals surface area contributed by atoms with Crippen LogP contribution in [-0.2, 0) is 23.8 Å². The van der Waals surface area contributed by atoms with Gasteiger partial charge in [-0.25, -0.2) is 0 Å². The number of carbonyl (C=O) groups excluding carboxylic acids is 5. The predicted octanol–water partition coefficient (Wildman–Crippen LogP) is 3.70. The largest absolute Gasteiger partial charge is 0.507 e. The number of rotatable bonds is 3. The van der Waals surface area contributed by atoms with E-state index in [9.17, 15) is 39.3 Å². The monoisotopic (exact) mass is 736 g/mol. The number of ether oxygens (including phenoxy) is 4. The highest BCUT2D eigenvalue weighted by Crippen LogP contribution is 2.48. The van der Waals surface area contributed by atoms with Gasteiger partial charge in [-0.15, -0.1) is 0 Å². The normalized spacial score (nSPS) is 33.5. The molecule has 0 fully saturated rings. The summed E-state index contributed by atoms with van der Waals surface area (Å²) in [6.45, 7) is 12.3. The number of amides is 1. The minimum absolute atomic E-state index is 0.0136. The van der Waals surface area contributed by atoms with Crippen LogP contribution in [0.1, 0.15) is 85.1 Å². The highest BCUT2D eigenvalue weighted by Gasteiger charge is 2.52. The van der Waals surface area contributed by atoms with Crippen LogP contribution in [0.4, 0.5) is 0 Å². The van der Waals surface area contributed by atoms with Gasteiger partial charge in [-0.1, -0.05) is 45.9 Å². The lowest BCUT2D eigenvalue weighted by atomic mass is 9.78. The Bertz CT molecular complexity index is 1860. The summed E-state index contributed by atoms with van der Waals surface area (Å²) in [5.74, 6) is -9.32. The fourth-order valence-electron chi connectivity index (χ4n) is 6.97. The van der Waals surface area contributed by atoms with Gasteiger partial charge in [-0.3, -0.25) is 29.0 Å². The minimum Gasteiger partial charge on any atom is -0.507 e. The second kappa shape index (κ2) is 16.0. The van der Waals surface area contributed by atoms with Gasteiger partial charge >= 0.3 is 11.8 Å². The van der Waals surface area contributed by atoms with Gasteiger partial charge in [0.2, 0.25) is 5.78 Å². The number of methoxy groups -OCH3 is 1. The molecule has 14 nitrogen and oxygen atoms in total. The standard InChI is InChI=1S/C39H48N2O12/c1-17-12-11-13-18(2)38(49)41-29-24(16-40-9)33(46)26-27(34(29)47)32(45)22(6)36-28(26)37(48)39(8,53-36)51-15-14-25(50-10)19(3)35(52-23(7)42)21(5)31(44)20(4)30(17)43/h11-17,19-21,25,30-31,35,43-45H,1-10H3,(H,41,49)/b12-11+,15-14+,18-13-,40-16?/t17-,19-,20+,21-,25-,30-,31+,35+,39-/m0/s1. The number of benzene rings is 1. The molecule has 0 aromatic heterocycles. The Balaban J connectivity index is 1.90. The van der Waals surface area contributed by atoms with Crippen LogP contribution < -0.4 is 10.1 Å². The third-order valence-electron chi connectivity index (χ3n) is 10.3. The Morgan fingerprint density at radius 3 is 2.23 bits per heavy atom. The SMILES string of the molecule is CN=CC1=C2NC(=O)/C(C)=C\C=C\[C@H](C)[C@H](O)[C@@H](C)[C@@H](O)[C@H](C)[C@H](OC(C)=O)[C@@H](C)[C@@H](OC)/C=C/O[C@@]3(C)Oc4c(C)c(O)c(c(c4C3=O)C1=O)C2=O. The number of aliphatic imine (C=N–C) groups is 1. The Morgan fingerprint density at radius 2 is 1.62 bits per heavy atom. The third kappa shape index (κ3) is 7.62. The topological polar surface area (TPSA) is 207 Å². The van der Waals surface area contributed by atoms with Gasteiger partial charge < -0.3 is 39.6 Å². The van der Waals surface area contributed by atoms with Gasteiger partial charge in [0, 0.05) is 69.0 Å². The van der Waals surface area contributed by atoms with Crippen LogP contribution in [0.25, 0.3) is 0 Å². The summed E-state index contributed by atoms with van der Waals surface area (Å²) in [6, 6.07) is 0. The Morgan fingerprint density at radius 1 is 0.962 bits per heavy atom. The average molecular weight is 737 g/mol. The minimum atomic E-state index is -2.07. The maximum absolute atomic E-state index is 14.1. The summed E-state index contributed by atoms with van der Waals surface area (Å²) in [7, 11) is 2.77. The number of phenolic OH excluding ortho intramolecular Hbond substituents is 1. The van der Waals surface area contributed by atoms with Gasteiger partial charge in [-0.2, -0.15) is 0 Å². The van der Waals surface area contributed by atoms with Crippen LogP contribution in [-0.4, -0.2) is 95.1 Å². The zero-order chi connectivity index (χ0) is 39.7. The van der Waals surface area contributed by atoms with Crippen molar-refractivity contribution < 1.29 is 58.2 Å². The van der Waals surface area contributed by atoms with E-state index in [0.717, 1.165) is 12.5 Å². The van der Waals surface area contributed by atoms with Crippen molar-refractivity contribution in [1.82, 2.24) is 5.32 Å². The van der Waals surface area contributed by atoms with E-state index in [2.05, 4.69) is 10.3 Å². The Labute approximate surface area is 308 Å². The first kappa shape index (κ1) is 40.8. The first-order valence-corrected chi connectivity index (χ1v) is 17.3. The van der Waals surface area contributed by atoms with E-state index in [1.807, 2.05) is 0 Å². The second-order valence-corrected chi connectivity index (χ2v) is 14.0. The number of Topliss-reactive ketones (excluding diaryl/α,β-unsaturated/α-hetero) is 3. The number of esters is 1. The molecular weight excluding hydrogens is 688 g/mol. The maximum Gasteiger partial charge on any atom is 0.312 e. The molecule has 4 aliphatic rings. The molecule has 1 aliphatic carbocycles. The van der Waals surface area contributed by atoms with Crippen LogP contribution in [0, 0.1) is 30.6 Å². The molecule has 53 heavy (non-hydrogen) atoms. The summed E-state index contributed by atoms with van der Waals surface area (Å²) in [4.78, 5) is 71.8. The average Bonchev–Trinajstić information content (AvgIpc) is 3.38. The summed E-state index contributed by atoms with van der Waals surface area (Å²) in [5.41, 5.74) is -1.85. The lowest BCUT2D eigenvalue weighted by molar-refractivity contribution is -0.160. The van der Waals surface area contributed by atoms with Crippen LogP contribution in [0.2, 0.25) is 0 Å². The van der Waals surface area contributed by atoms with Gasteiger partial charge in [0.25, 0.3) is 11.7 Å². The van der Waals surface area contributed by atoms with E-state index in [-0.39, 0.29) is 28.0 Å². The van der Waals surface area contributed by atoms with Crippen molar-refractivity contribution in [2.75, 3.05) is 14.2 Å². The molecule has 1 amide bonds. The number of hydrogen-bond donors (Lipinski definition) is 4. The lowest BCUT2D eigenvalue weighted by Gasteiger charge is -2.38. The molecule has 0 radical (unpaired) electrons. The van der Waals surface area contributed by atoms with Gasteiger partial charge in [-0.05, 0) is 19.9 Å². The smallest absolute Gasteiger partial charge is 0.312 e. The van der Waals surface area contributed by atoms with Crippen LogP contribution in [0.3, 0.4) is 0 Å². The number of phenols is 1. The molecule has 14 heteroatoms. The molecule has 0 saturated heterocycles. The number of hydrogen-bond acceptors (Lipinski definition) is 13. The molecule has 0 saturated carbocycles. The maximum atomic E-state index is 14.1. The van der Waals surface area contributed by atoms with Crippen LogP contribution >= 0.6 is 0 Å². The predicted molar refractivity (Wildman–Crippen MR) is 193 cm³/mol. The van der Waals surface area contributed by atoms with E-state index in [4.69, 9.17) is 18.9 Å². The molecule has 0 unspecified atom stereocenters. The van der Waals surface area contributed by atoms with Crippen molar-refractivity contribution in [2.45, 2.75) is 85.6 Å². The quantitative estimate of drug-likeness (QED) is 0.259. The molecule has 5 rings (SSSR count). The summed E-state index contributed by atoms with van der Waals surface area (Å²) >= 11 is 0. The lowest BCUT2D eigenvalue weighted by Crippen LogP contribution is -2.46. The zero-order valence-electron chi connectivity index (χ0n) is 31.5. The third-order valence-corrected chi connectivity index (χ3v) is 10.3. The van der Waals surface area contributed by atoms with E-state index >= 15 is 0 Å². The van der Waals surface area contributed by atoms with E-state index < -0.39 is 106 Å². The van der Waals surface area contributed by atoms with Crippen molar-refractivity contribution in [3.63, 3.8) is 0 Å². The van der Waals surface area contributed by atoms with Crippen molar-refractivity contribution >= 4 is 35.4 Å². The Kier molecular flexibility index (Phi) is 12.3. The van der Waals surface area contributed by atoms with Crippen LogP contribution in [0.15, 0.2) is 52.4 Å². The number of nitrogens with zero attached hydrogens (tertiary/aromatic N) is 1. The molecule has 0 spiro atoms. The van der Waals surface area contributed by atoms with E-state index in [1.54, 1.807) is 33.8 Å². The number of aromatic hydroxyl groups is 1. The van der Waals surface area contributed by atoms with Crippen LogP contribution in [0.5, 0.6) is 11.5 Å². The molecule has 5 bridgehead atoms. The first-order chi connectivity index (χ1) is 24.8. The summed E-state index contributed by atoms with van der Waals surface area (Å²) in [6.07, 6.45) is 4.42.